The van der Waals surface area contributed by atoms with Gasteiger partial charge in [-0.15, -0.1) is 0 Å². The summed E-state index contributed by atoms with van der Waals surface area (Å²) >= 11 is 0. The lowest BCUT2D eigenvalue weighted by Gasteiger charge is -2.35. The van der Waals surface area contributed by atoms with Crippen LogP contribution in [0.15, 0.2) is 24.3 Å². The molecule has 1 unspecified atom stereocenters. The molecule has 0 aromatic heterocycles. The second kappa shape index (κ2) is 11.1. The molecule has 1 N–H and O–H groups in total. The Hall–Kier alpha value is -3.17. The predicted octanol–water partition coefficient (Wildman–Crippen LogP) is 2.39. The Labute approximate surface area is 194 Å². The number of Topliss-reactive ketones (excluding diaryl/α,β-unsaturated/α-hetero) is 1. The monoisotopic (exact) mass is 460 g/mol. The number of piperazine rings is 1. The molecule has 3 rings (SSSR count). The normalized spacial score (nSPS) is 16.1. The fourth-order valence-corrected chi connectivity index (χ4v) is 4.07. The van der Waals surface area contributed by atoms with Crippen LogP contribution in [0.5, 0.6) is 34.5 Å². The zero-order chi connectivity index (χ0) is 24.0. The van der Waals surface area contributed by atoms with E-state index in [1.165, 1.54) is 21.3 Å². The quantitative estimate of drug-likeness (QED) is 0.537. The first-order valence-corrected chi connectivity index (χ1v) is 10.6. The van der Waals surface area contributed by atoms with E-state index in [4.69, 9.17) is 28.4 Å². The molecule has 0 amide bonds. The molecule has 1 atom stereocenters. The molecule has 0 spiro atoms. The van der Waals surface area contributed by atoms with Crippen LogP contribution >= 0.6 is 0 Å². The number of carbonyl (C=O) groups is 1. The van der Waals surface area contributed by atoms with Crippen LogP contribution < -0.4 is 33.7 Å². The Kier molecular flexibility index (Phi) is 8.24. The molecular formula is C24H32N2O7. The predicted molar refractivity (Wildman–Crippen MR) is 124 cm³/mol. The number of nitrogens with one attached hydrogen (secondary N) is 1. The van der Waals surface area contributed by atoms with Crippen molar-refractivity contribution in [2.75, 3.05) is 62.3 Å². The summed E-state index contributed by atoms with van der Waals surface area (Å²) in [5, 5.41) is 3.33. The van der Waals surface area contributed by atoms with Gasteiger partial charge in [0, 0.05) is 31.7 Å². The number of hydrogen-bond acceptors (Lipinski definition) is 9. The van der Waals surface area contributed by atoms with Crippen LogP contribution in [0, 0.1) is 0 Å². The summed E-state index contributed by atoms with van der Waals surface area (Å²) < 4.78 is 32.6. The standard InChI is InChI=1S/C24H32N2O7/c1-28-18-9-15(10-19(29-2)23(18)32-5)14-26-8-7-25-13-17(26)22(27)16-11-20(30-3)24(33-6)21(12-16)31-4/h9-12,17,25H,7-8,13-14H2,1-6H3. The van der Waals surface area contributed by atoms with E-state index >= 15 is 0 Å². The Balaban J connectivity index is 1.92. The largest absolute Gasteiger partial charge is 0.493 e. The molecule has 1 aliphatic heterocycles. The van der Waals surface area contributed by atoms with Gasteiger partial charge in [0.25, 0.3) is 0 Å². The van der Waals surface area contributed by atoms with Crippen LogP contribution in [0.1, 0.15) is 15.9 Å². The van der Waals surface area contributed by atoms with Crippen LogP contribution in [0.2, 0.25) is 0 Å². The summed E-state index contributed by atoms with van der Waals surface area (Å²) in [4.78, 5) is 15.7. The fourth-order valence-electron chi connectivity index (χ4n) is 4.07. The first kappa shape index (κ1) is 24.5. The minimum Gasteiger partial charge on any atom is -0.493 e. The molecule has 2 aromatic rings. The van der Waals surface area contributed by atoms with Crippen LogP contribution in [-0.2, 0) is 6.54 Å². The Morgan fingerprint density at radius 3 is 1.76 bits per heavy atom. The highest BCUT2D eigenvalue weighted by Gasteiger charge is 2.31. The Morgan fingerprint density at radius 2 is 1.30 bits per heavy atom. The number of benzene rings is 2. The van der Waals surface area contributed by atoms with Crippen molar-refractivity contribution < 1.29 is 33.2 Å². The third-order valence-electron chi connectivity index (χ3n) is 5.72. The van der Waals surface area contributed by atoms with Gasteiger partial charge in [0.2, 0.25) is 11.5 Å². The molecule has 1 saturated heterocycles. The maximum absolute atomic E-state index is 13.6. The summed E-state index contributed by atoms with van der Waals surface area (Å²) in [5.74, 6) is 3.00. The molecule has 1 fully saturated rings. The second-order valence-corrected chi connectivity index (χ2v) is 7.50. The number of ether oxygens (including phenoxy) is 6. The molecule has 0 radical (unpaired) electrons. The van der Waals surface area contributed by atoms with Crippen molar-refractivity contribution in [2.45, 2.75) is 12.6 Å². The molecule has 9 nitrogen and oxygen atoms in total. The molecule has 180 valence electrons. The van der Waals surface area contributed by atoms with Gasteiger partial charge in [-0.1, -0.05) is 0 Å². The van der Waals surface area contributed by atoms with E-state index in [0.29, 0.717) is 59.7 Å². The van der Waals surface area contributed by atoms with E-state index in [1.807, 2.05) is 12.1 Å². The molecule has 2 aromatic carbocycles. The topological polar surface area (TPSA) is 87.7 Å². The Bertz CT molecular complexity index is 929. The average molecular weight is 461 g/mol. The van der Waals surface area contributed by atoms with E-state index in [1.54, 1.807) is 33.5 Å². The fraction of sp³-hybridized carbons (Fsp3) is 0.458. The minimum absolute atomic E-state index is 0.0334. The van der Waals surface area contributed by atoms with Gasteiger partial charge in [-0.3, -0.25) is 9.69 Å². The average Bonchev–Trinajstić information content (AvgIpc) is 2.86. The lowest BCUT2D eigenvalue weighted by Crippen LogP contribution is -2.54. The summed E-state index contributed by atoms with van der Waals surface area (Å²) in [6, 6.07) is 6.82. The van der Waals surface area contributed by atoms with Gasteiger partial charge in [-0.25, -0.2) is 0 Å². The maximum atomic E-state index is 13.6. The summed E-state index contributed by atoms with van der Waals surface area (Å²) in [6.07, 6.45) is 0. The maximum Gasteiger partial charge on any atom is 0.203 e. The van der Waals surface area contributed by atoms with Gasteiger partial charge >= 0.3 is 0 Å². The summed E-state index contributed by atoms with van der Waals surface area (Å²) in [5.41, 5.74) is 1.45. The number of nitrogens with zero attached hydrogens (tertiary/aromatic N) is 1. The Morgan fingerprint density at radius 1 is 0.818 bits per heavy atom. The SMILES string of the molecule is COc1cc(CN2CCNCC2C(=O)c2cc(OC)c(OC)c(OC)c2)cc(OC)c1OC. The van der Waals surface area contributed by atoms with E-state index in [9.17, 15) is 4.79 Å². The molecule has 9 heteroatoms. The van der Waals surface area contributed by atoms with E-state index in [0.717, 1.165) is 12.1 Å². The minimum atomic E-state index is -0.374. The molecule has 1 heterocycles. The smallest absolute Gasteiger partial charge is 0.203 e. The van der Waals surface area contributed by atoms with Crippen molar-refractivity contribution in [2.24, 2.45) is 0 Å². The number of hydrogen-bond donors (Lipinski definition) is 1. The third kappa shape index (κ3) is 5.09. The van der Waals surface area contributed by atoms with Gasteiger partial charge in [0.05, 0.1) is 48.7 Å². The highest BCUT2D eigenvalue weighted by molar-refractivity contribution is 6.01. The van der Waals surface area contributed by atoms with Crippen LogP contribution in [-0.4, -0.2) is 79.0 Å². The lowest BCUT2D eigenvalue weighted by molar-refractivity contribution is 0.0757. The highest BCUT2D eigenvalue weighted by Crippen LogP contribution is 2.40. The van der Waals surface area contributed by atoms with Crippen molar-refractivity contribution in [1.29, 1.82) is 0 Å². The molecule has 0 bridgehead atoms. The number of methoxy groups -OCH3 is 6. The second-order valence-electron chi connectivity index (χ2n) is 7.50. The first-order valence-electron chi connectivity index (χ1n) is 10.6. The van der Waals surface area contributed by atoms with Gasteiger partial charge in [-0.05, 0) is 29.8 Å². The van der Waals surface area contributed by atoms with Crippen LogP contribution in [0.3, 0.4) is 0 Å². The van der Waals surface area contributed by atoms with Gasteiger partial charge in [0.15, 0.2) is 28.8 Å². The molecule has 0 aliphatic carbocycles. The van der Waals surface area contributed by atoms with Crippen molar-refractivity contribution in [3.8, 4) is 34.5 Å². The zero-order valence-electron chi connectivity index (χ0n) is 20.0. The van der Waals surface area contributed by atoms with E-state index in [2.05, 4.69) is 10.2 Å². The van der Waals surface area contributed by atoms with Crippen molar-refractivity contribution in [3.05, 3.63) is 35.4 Å². The lowest BCUT2D eigenvalue weighted by atomic mass is 9.99. The van der Waals surface area contributed by atoms with Crippen LogP contribution in [0.25, 0.3) is 0 Å². The van der Waals surface area contributed by atoms with Crippen molar-refractivity contribution in [3.63, 3.8) is 0 Å². The highest BCUT2D eigenvalue weighted by atomic mass is 16.5. The van der Waals surface area contributed by atoms with Crippen LogP contribution in [0.4, 0.5) is 0 Å². The van der Waals surface area contributed by atoms with Crippen molar-refractivity contribution in [1.82, 2.24) is 10.2 Å². The van der Waals surface area contributed by atoms with Gasteiger partial charge < -0.3 is 33.7 Å². The molecule has 1 aliphatic rings. The van der Waals surface area contributed by atoms with Gasteiger partial charge in [0.1, 0.15) is 0 Å². The van der Waals surface area contributed by atoms with E-state index in [-0.39, 0.29) is 11.8 Å². The number of rotatable bonds is 10. The summed E-state index contributed by atoms with van der Waals surface area (Å²) in [6.45, 7) is 2.56. The summed E-state index contributed by atoms with van der Waals surface area (Å²) in [7, 11) is 9.34. The van der Waals surface area contributed by atoms with Gasteiger partial charge in [-0.2, -0.15) is 0 Å². The van der Waals surface area contributed by atoms with Crippen molar-refractivity contribution >= 4 is 5.78 Å². The number of ketones is 1. The number of carbonyl (C=O) groups excluding carboxylic acids is 1. The molecular weight excluding hydrogens is 428 g/mol. The molecule has 0 saturated carbocycles. The van der Waals surface area contributed by atoms with E-state index < -0.39 is 0 Å². The zero-order valence-corrected chi connectivity index (χ0v) is 20.0. The first-order chi connectivity index (χ1) is 16.0. The third-order valence-corrected chi connectivity index (χ3v) is 5.72. The molecule has 33 heavy (non-hydrogen) atoms.